The molecule has 3 aromatic rings. The van der Waals surface area contributed by atoms with Gasteiger partial charge in [-0.2, -0.15) is 0 Å². The standard InChI is InChI=1S/C14H16N2Si/c1-17(2,3)16-13-7-5-4-6-11(13)12-8-9-15-10-14(12)16/h4-10H,1-3H3. The molecule has 2 nitrogen and oxygen atoms in total. The van der Waals surface area contributed by atoms with Crippen LogP contribution in [0.1, 0.15) is 0 Å². The molecule has 2 heterocycles. The van der Waals surface area contributed by atoms with Crippen molar-refractivity contribution in [1.82, 2.24) is 9.22 Å². The average molecular weight is 240 g/mol. The number of benzene rings is 1. The first kappa shape index (κ1) is 10.5. The van der Waals surface area contributed by atoms with Gasteiger partial charge in [0.15, 0.2) is 8.24 Å². The smallest absolute Gasteiger partial charge is 0.153 e. The van der Waals surface area contributed by atoms with Crippen molar-refractivity contribution in [3.05, 3.63) is 42.7 Å². The summed E-state index contributed by atoms with van der Waals surface area (Å²) in [5.41, 5.74) is 2.61. The largest absolute Gasteiger partial charge is 0.367 e. The van der Waals surface area contributed by atoms with Gasteiger partial charge in [0.1, 0.15) is 0 Å². The fourth-order valence-corrected chi connectivity index (χ4v) is 4.36. The summed E-state index contributed by atoms with van der Waals surface area (Å²) in [6.45, 7) is 7.10. The zero-order valence-electron chi connectivity index (χ0n) is 10.4. The summed E-state index contributed by atoms with van der Waals surface area (Å²) in [6.07, 6.45) is 3.87. The highest BCUT2D eigenvalue weighted by atomic mass is 28.3. The summed E-state index contributed by atoms with van der Waals surface area (Å²) in [7, 11) is -1.43. The second-order valence-electron chi connectivity index (χ2n) is 5.42. The molecule has 0 radical (unpaired) electrons. The topological polar surface area (TPSA) is 17.8 Å². The Balaban J connectivity index is 2.60. The monoisotopic (exact) mass is 240 g/mol. The van der Waals surface area contributed by atoms with Crippen LogP contribution in [-0.4, -0.2) is 17.5 Å². The van der Waals surface area contributed by atoms with E-state index in [1.807, 2.05) is 12.4 Å². The SMILES string of the molecule is C[Si](C)(C)n1c2ccccc2c2ccncc21. The van der Waals surface area contributed by atoms with E-state index in [0.717, 1.165) is 0 Å². The van der Waals surface area contributed by atoms with Gasteiger partial charge in [0.25, 0.3) is 0 Å². The molecule has 0 aliphatic carbocycles. The van der Waals surface area contributed by atoms with Gasteiger partial charge in [-0.1, -0.05) is 37.8 Å². The molecule has 0 N–H and O–H groups in total. The Hall–Kier alpha value is -1.61. The number of nitrogens with zero attached hydrogens (tertiary/aromatic N) is 2. The van der Waals surface area contributed by atoms with Gasteiger partial charge >= 0.3 is 0 Å². The summed E-state index contributed by atoms with van der Waals surface area (Å²) in [6, 6.07) is 10.8. The summed E-state index contributed by atoms with van der Waals surface area (Å²) in [4.78, 5) is 4.28. The fraction of sp³-hybridized carbons (Fsp3) is 0.214. The van der Waals surface area contributed by atoms with Crippen molar-refractivity contribution >= 4 is 30.0 Å². The normalized spacial score (nSPS) is 12.4. The van der Waals surface area contributed by atoms with E-state index in [2.05, 4.69) is 59.2 Å². The summed E-state index contributed by atoms with van der Waals surface area (Å²) in [5, 5.41) is 2.66. The molecule has 3 heteroatoms. The third-order valence-corrected chi connectivity index (χ3v) is 4.97. The van der Waals surface area contributed by atoms with Gasteiger partial charge in [0.05, 0.1) is 11.7 Å². The first-order valence-corrected chi connectivity index (χ1v) is 9.37. The Morgan fingerprint density at radius 1 is 0.941 bits per heavy atom. The maximum Gasteiger partial charge on any atom is 0.153 e. The highest BCUT2D eigenvalue weighted by Gasteiger charge is 2.22. The number of rotatable bonds is 1. The first-order valence-electron chi connectivity index (χ1n) is 5.93. The first-order chi connectivity index (χ1) is 8.09. The van der Waals surface area contributed by atoms with Crippen LogP contribution in [0.25, 0.3) is 21.8 Å². The van der Waals surface area contributed by atoms with Gasteiger partial charge in [0.2, 0.25) is 0 Å². The van der Waals surface area contributed by atoms with E-state index in [4.69, 9.17) is 0 Å². The van der Waals surface area contributed by atoms with E-state index in [1.54, 1.807) is 0 Å². The molecule has 2 aromatic heterocycles. The van der Waals surface area contributed by atoms with Gasteiger partial charge in [-0.05, 0) is 12.1 Å². The number of aromatic nitrogens is 2. The van der Waals surface area contributed by atoms with Crippen molar-refractivity contribution in [3.63, 3.8) is 0 Å². The van der Waals surface area contributed by atoms with Crippen LogP contribution in [0.2, 0.25) is 19.6 Å². The van der Waals surface area contributed by atoms with Crippen molar-refractivity contribution in [3.8, 4) is 0 Å². The number of pyridine rings is 1. The molecule has 17 heavy (non-hydrogen) atoms. The van der Waals surface area contributed by atoms with Crippen LogP contribution in [0, 0.1) is 0 Å². The number of fused-ring (bicyclic) bond motifs is 3. The third kappa shape index (κ3) is 1.50. The molecule has 0 fully saturated rings. The van der Waals surface area contributed by atoms with Crippen LogP contribution in [0.4, 0.5) is 0 Å². The third-order valence-electron chi connectivity index (χ3n) is 3.15. The predicted octanol–water partition coefficient (Wildman–Crippen LogP) is 3.87. The zero-order chi connectivity index (χ0) is 12.0. The second-order valence-corrected chi connectivity index (χ2v) is 10.2. The highest BCUT2D eigenvalue weighted by Crippen LogP contribution is 2.30. The Kier molecular flexibility index (Phi) is 2.13. The number of hydrogen-bond donors (Lipinski definition) is 0. The lowest BCUT2D eigenvalue weighted by Crippen LogP contribution is -2.31. The number of para-hydroxylation sites is 1. The Morgan fingerprint density at radius 3 is 2.41 bits per heavy atom. The van der Waals surface area contributed by atoms with Gasteiger partial charge < -0.3 is 4.23 Å². The number of hydrogen-bond acceptors (Lipinski definition) is 1. The molecule has 0 atom stereocenters. The van der Waals surface area contributed by atoms with E-state index in [-0.39, 0.29) is 0 Å². The average Bonchev–Trinajstić information content (AvgIpc) is 2.63. The lowest BCUT2D eigenvalue weighted by atomic mass is 10.2. The van der Waals surface area contributed by atoms with Crippen LogP contribution < -0.4 is 0 Å². The molecular weight excluding hydrogens is 224 g/mol. The maximum atomic E-state index is 4.28. The molecule has 0 unspecified atom stereocenters. The molecule has 0 aliphatic heterocycles. The summed E-state index contributed by atoms with van der Waals surface area (Å²) >= 11 is 0. The van der Waals surface area contributed by atoms with E-state index in [0.29, 0.717) is 0 Å². The van der Waals surface area contributed by atoms with Gasteiger partial charge in [0, 0.05) is 22.5 Å². The molecule has 86 valence electrons. The van der Waals surface area contributed by atoms with E-state index >= 15 is 0 Å². The molecule has 0 amide bonds. The molecule has 0 bridgehead atoms. The van der Waals surface area contributed by atoms with Crippen LogP contribution in [0.3, 0.4) is 0 Å². The molecule has 0 saturated carbocycles. The van der Waals surface area contributed by atoms with Crippen molar-refractivity contribution in [1.29, 1.82) is 0 Å². The van der Waals surface area contributed by atoms with Gasteiger partial charge in [-0.25, -0.2) is 0 Å². The molecule has 0 aliphatic rings. The quantitative estimate of drug-likeness (QED) is 0.590. The summed E-state index contributed by atoms with van der Waals surface area (Å²) < 4.78 is 2.50. The van der Waals surface area contributed by atoms with E-state index in [9.17, 15) is 0 Å². The molecule has 0 spiro atoms. The van der Waals surface area contributed by atoms with Crippen LogP contribution in [-0.2, 0) is 0 Å². The summed E-state index contributed by atoms with van der Waals surface area (Å²) in [5.74, 6) is 0. The van der Waals surface area contributed by atoms with Crippen molar-refractivity contribution in [2.45, 2.75) is 19.6 Å². The minimum absolute atomic E-state index is 1.27. The minimum atomic E-state index is -1.43. The van der Waals surface area contributed by atoms with Gasteiger partial charge in [-0.15, -0.1) is 0 Å². The highest BCUT2D eigenvalue weighted by molar-refractivity contribution is 6.76. The van der Waals surface area contributed by atoms with Gasteiger partial charge in [-0.3, -0.25) is 4.98 Å². The molecule has 0 saturated heterocycles. The van der Waals surface area contributed by atoms with E-state index < -0.39 is 8.24 Å². The van der Waals surface area contributed by atoms with Crippen molar-refractivity contribution in [2.75, 3.05) is 0 Å². The fourth-order valence-electron chi connectivity index (χ4n) is 2.54. The second kappa shape index (κ2) is 3.44. The Morgan fingerprint density at radius 2 is 1.65 bits per heavy atom. The van der Waals surface area contributed by atoms with Crippen LogP contribution in [0.15, 0.2) is 42.7 Å². The van der Waals surface area contributed by atoms with Crippen LogP contribution >= 0.6 is 0 Å². The lowest BCUT2D eigenvalue weighted by Gasteiger charge is -2.21. The van der Waals surface area contributed by atoms with Crippen molar-refractivity contribution in [2.24, 2.45) is 0 Å². The van der Waals surface area contributed by atoms with E-state index in [1.165, 1.54) is 21.8 Å². The lowest BCUT2D eigenvalue weighted by molar-refractivity contribution is 1.23. The predicted molar refractivity (Wildman–Crippen MR) is 76.0 cm³/mol. The molecular formula is C14H16N2Si. The zero-order valence-corrected chi connectivity index (χ0v) is 11.4. The van der Waals surface area contributed by atoms with Crippen LogP contribution in [0.5, 0.6) is 0 Å². The molecule has 1 aromatic carbocycles. The maximum absolute atomic E-state index is 4.28. The minimum Gasteiger partial charge on any atom is -0.367 e. The Bertz CT molecular complexity index is 639. The Labute approximate surface area is 102 Å². The van der Waals surface area contributed by atoms with Crippen molar-refractivity contribution < 1.29 is 0 Å². The molecule has 3 rings (SSSR count).